The summed E-state index contributed by atoms with van der Waals surface area (Å²) in [5.74, 6) is 0.0356. The lowest BCUT2D eigenvalue weighted by Gasteiger charge is -2.14. The number of rotatable bonds is 2. The molecule has 0 aromatic heterocycles. The van der Waals surface area contributed by atoms with Crippen LogP contribution in [0.1, 0.15) is 11.1 Å². The van der Waals surface area contributed by atoms with Gasteiger partial charge in [-0.3, -0.25) is 0 Å². The van der Waals surface area contributed by atoms with Crippen molar-refractivity contribution in [1.29, 1.82) is 0 Å². The topological polar surface area (TPSA) is 0 Å². The quantitative estimate of drug-likeness (QED) is 0.390. The van der Waals surface area contributed by atoms with Crippen molar-refractivity contribution in [2.45, 2.75) is 12.1 Å². The summed E-state index contributed by atoms with van der Waals surface area (Å²) in [6.07, 6.45) is -4.46. The van der Waals surface area contributed by atoms with Crippen molar-refractivity contribution in [3.05, 3.63) is 56.5 Å². The van der Waals surface area contributed by atoms with Gasteiger partial charge in [-0.2, -0.15) is 13.2 Å². The molecule has 112 valence electrons. The summed E-state index contributed by atoms with van der Waals surface area (Å²) < 4.78 is 38.6. The standard InChI is InChI=1S/C14H7Cl4F3/c15-6-7-1-2-8(14(19,20)21)3-10(7)11-4-9(16)5-12(17)13(11)18/h1-5H,6H2. The minimum atomic E-state index is -4.46. The molecule has 21 heavy (non-hydrogen) atoms. The van der Waals surface area contributed by atoms with Crippen LogP contribution in [0.5, 0.6) is 0 Å². The van der Waals surface area contributed by atoms with Gasteiger partial charge >= 0.3 is 6.18 Å². The Bertz CT molecular complexity index is 681. The molecule has 2 aromatic carbocycles. The lowest BCUT2D eigenvalue weighted by molar-refractivity contribution is -0.137. The Morgan fingerprint density at radius 3 is 2.14 bits per heavy atom. The van der Waals surface area contributed by atoms with Crippen LogP contribution in [0.15, 0.2) is 30.3 Å². The third-order valence-electron chi connectivity index (χ3n) is 2.86. The molecule has 0 aliphatic rings. The molecular formula is C14H7Cl4F3. The van der Waals surface area contributed by atoms with E-state index in [0.29, 0.717) is 11.1 Å². The zero-order valence-corrected chi connectivity index (χ0v) is 13.3. The summed E-state index contributed by atoms with van der Waals surface area (Å²) in [5, 5.41) is 0.571. The third kappa shape index (κ3) is 3.59. The summed E-state index contributed by atoms with van der Waals surface area (Å²) >= 11 is 23.7. The normalized spacial score (nSPS) is 11.8. The highest BCUT2D eigenvalue weighted by Crippen LogP contribution is 2.40. The van der Waals surface area contributed by atoms with Gasteiger partial charge in [-0.25, -0.2) is 0 Å². The molecule has 0 atom stereocenters. The van der Waals surface area contributed by atoms with E-state index in [-0.39, 0.29) is 26.5 Å². The molecule has 0 fully saturated rings. The van der Waals surface area contributed by atoms with Crippen LogP contribution in [0.3, 0.4) is 0 Å². The van der Waals surface area contributed by atoms with Crippen molar-refractivity contribution < 1.29 is 13.2 Å². The zero-order valence-electron chi connectivity index (χ0n) is 10.2. The van der Waals surface area contributed by atoms with Gasteiger partial charge in [0.15, 0.2) is 0 Å². The fourth-order valence-electron chi connectivity index (χ4n) is 1.87. The summed E-state index contributed by atoms with van der Waals surface area (Å²) in [7, 11) is 0. The molecular weight excluding hydrogens is 367 g/mol. The van der Waals surface area contributed by atoms with Crippen molar-refractivity contribution in [2.24, 2.45) is 0 Å². The van der Waals surface area contributed by atoms with Crippen molar-refractivity contribution in [2.75, 3.05) is 0 Å². The summed E-state index contributed by atoms with van der Waals surface area (Å²) in [4.78, 5) is 0. The van der Waals surface area contributed by atoms with E-state index in [9.17, 15) is 13.2 Å². The Morgan fingerprint density at radius 1 is 0.905 bits per heavy atom. The van der Waals surface area contributed by atoms with Gasteiger partial charge in [0.1, 0.15) is 0 Å². The Kier molecular flexibility index (Phi) is 4.99. The van der Waals surface area contributed by atoms with Crippen LogP contribution in [0.25, 0.3) is 11.1 Å². The van der Waals surface area contributed by atoms with Crippen LogP contribution in [-0.2, 0) is 12.1 Å². The highest BCUT2D eigenvalue weighted by molar-refractivity contribution is 6.45. The van der Waals surface area contributed by atoms with Crippen LogP contribution in [0.2, 0.25) is 15.1 Å². The van der Waals surface area contributed by atoms with Crippen LogP contribution in [0, 0.1) is 0 Å². The molecule has 2 rings (SSSR count). The maximum atomic E-state index is 12.9. The molecule has 0 saturated heterocycles. The molecule has 0 N–H and O–H groups in total. The molecule has 0 bridgehead atoms. The van der Waals surface area contributed by atoms with Gasteiger partial charge in [0.2, 0.25) is 0 Å². The van der Waals surface area contributed by atoms with E-state index in [0.717, 1.165) is 12.1 Å². The highest BCUT2D eigenvalue weighted by atomic mass is 35.5. The van der Waals surface area contributed by atoms with Gasteiger partial charge < -0.3 is 0 Å². The molecule has 0 nitrogen and oxygen atoms in total. The van der Waals surface area contributed by atoms with Crippen molar-refractivity contribution >= 4 is 46.4 Å². The van der Waals surface area contributed by atoms with Crippen molar-refractivity contribution in [3.63, 3.8) is 0 Å². The maximum absolute atomic E-state index is 12.9. The predicted octanol–water partition coefficient (Wildman–Crippen LogP) is 7.07. The second kappa shape index (κ2) is 6.25. The highest BCUT2D eigenvalue weighted by Gasteiger charge is 2.31. The molecule has 0 unspecified atom stereocenters. The Labute approximate surface area is 139 Å². The molecule has 0 spiro atoms. The lowest BCUT2D eigenvalue weighted by Crippen LogP contribution is -2.05. The fourth-order valence-corrected chi connectivity index (χ4v) is 2.81. The second-order valence-corrected chi connectivity index (χ2v) is 5.74. The summed E-state index contributed by atoms with van der Waals surface area (Å²) in [5.41, 5.74) is 0.286. The zero-order chi connectivity index (χ0) is 15.8. The third-order valence-corrected chi connectivity index (χ3v) is 4.17. The van der Waals surface area contributed by atoms with E-state index in [2.05, 4.69) is 0 Å². The average Bonchev–Trinajstić information content (AvgIpc) is 2.41. The molecule has 0 amide bonds. The lowest BCUT2D eigenvalue weighted by atomic mass is 9.97. The van der Waals surface area contributed by atoms with Crippen molar-refractivity contribution in [3.8, 4) is 11.1 Å². The SMILES string of the molecule is FC(F)(F)c1ccc(CCl)c(-c2cc(Cl)cc(Cl)c2Cl)c1. The second-order valence-electron chi connectivity index (χ2n) is 4.25. The largest absolute Gasteiger partial charge is 0.416 e. The van der Waals surface area contributed by atoms with Gasteiger partial charge in [-0.1, -0.05) is 40.9 Å². The van der Waals surface area contributed by atoms with Gasteiger partial charge in [-0.15, -0.1) is 11.6 Å². The maximum Gasteiger partial charge on any atom is 0.416 e. The minimum Gasteiger partial charge on any atom is -0.166 e. The summed E-state index contributed by atoms with van der Waals surface area (Å²) in [6.45, 7) is 0. The number of alkyl halides is 4. The Hall–Kier alpha value is -0.610. The smallest absolute Gasteiger partial charge is 0.166 e. The number of halogens is 7. The monoisotopic (exact) mass is 372 g/mol. The van der Waals surface area contributed by atoms with E-state index in [4.69, 9.17) is 46.4 Å². The van der Waals surface area contributed by atoms with Gasteiger partial charge in [0, 0.05) is 16.5 Å². The number of benzene rings is 2. The number of hydrogen-bond donors (Lipinski definition) is 0. The average molecular weight is 374 g/mol. The van der Waals surface area contributed by atoms with Gasteiger partial charge in [-0.05, 0) is 35.4 Å². The van der Waals surface area contributed by atoms with Gasteiger partial charge in [0.05, 0.1) is 15.6 Å². The van der Waals surface area contributed by atoms with E-state index in [1.54, 1.807) is 0 Å². The first kappa shape index (κ1) is 16.8. The van der Waals surface area contributed by atoms with E-state index >= 15 is 0 Å². The fraction of sp³-hybridized carbons (Fsp3) is 0.143. The Balaban J connectivity index is 2.73. The molecule has 0 aliphatic carbocycles. The predicted molar refractivity (Wildman–Crippen MR) is 81.5 cm³/mol. The molecule has 7 heteroatoms. The first-order chi connectivity index (χ1) is 9.74. The van der Waals surface area contributed by atoms with Gasteiger partial charge in [0.25, 0.3) is 0 Å². The van der Waals surface area contributed by atoms with E-state index in [1.165, 1.54) is 18.2 Å². The van der Waals surface area contributed by atoms with Crippen LogP contribution >= 0.6 is 46.4 Å². The number of hydrogen-bond acceptors (Lipinski definition) is 0. The molecule has 0 heterocycles. The molecule has 0 aliphatic heterocycles. The van der Waals surface area contributed by atoms with Crippen LogP contribution in [0.4, 0.5) is 13.2 Å². The van der Waals surface area contributed by atoms with E-state index < -0.39 is 11.7 Å². The minimum absolute atomic E-state index is 0.0356. The van der Waals surface area contributed by atoms with Crippen LogP contribution < -0.4 is 0 Å². The first-order valence-electron chi connectivity index (χ1n) is 5.65. The molecule has 0 radical (unpaired) electrons. The molecule has 0 saturated carbocycles. The summed E-state index contributed by atoms with van der Waals surface area (Å²) in [6, 6.07) is 6.16. The van der Waals surface area contributed by atoms with Crippen molar-refractivity contribution in [1.82, 2.24) is 0 Å². The van der Waals surface area contributed by atoms with Crippen LogP contribution in [-0.4, -0.2) is 0 Å². The Morgan fingerprint density at radius 2 is 1.57 bits per heavy atom. The molecule has 2 aromatic rings. The first-order valence-corrected chi connectivity index (χ1v) is 7.32. The van der Waals surface area contributed by atoms with E-state index in [1.807, 2.05) is 0 Å².